The minimum absolute atomic E-state index is 0.0194. The van der Waals surface area contributed by atoms with Crippen LogP contribution in [0, 0.1) is 0 Å². The number of hydrogen-bond donors (Lipinski definition) is 3. The predicted octanol–water partition coefficient (Wildman–Crippen LogP) is 0.183. The minimum atomic E-state index is -1.07. The summed E-state index contributed by atoms with van der Waals surface area (Å²) in [5, 5.41) is 18.8. The molecule has 0 spiro atoms. The van der Waals surface area contributed by atoms with Crippen LogP contribution in [0.3, 0.4) is 0 Å². The van der Waals surface area contributed by atoms with E-state index in [4.69, 9.17) is 0 Å². The van der Waals surface area contributed by atoms with Gasteiger partial charge in [-0.05, 0) is 24.1 Å². The molecule has 0 bridgehead atoms. The summed E-state index contributed by atoms with van der Waals surface area (Å²) in [6.07, 6.45) is 3.20. The Labute approximate surface area is 140 Å². The van der Waals surface area contributed by atoms with Crippen molar-refractivity contribution in [2.24, 2.45) is 0 Å². The molecule has 2 aromatic rings. The number of imide groups is 2. The normalized spacial score (nSPS) is 20.0. The molecule has 25 heavy (non-hydrogen) atoms. The van der Waals surface area contributed by atoms with Gasteiger partial charge in [0.25, 0.3) is 11.8 Å². The summed E-state index contributed by atoms with van der Waals surface area (Å²) in [4.78, 5) is 49.4. The molecule has 0 saturated carbocycles. The lowest BCUT2D eigenvalue weighted by Gasteiger charge is -2.27. The number of benzene rings is 1. The topological polar surface area (TPSA) is 132 Å². The standard InChI is InChI=1S/C16H12N4O5/c21-11-4-7(8-5-17-18-6-8)3-9-13(11)16(25)20(15(9)24)10-1-2-12(22)19-14(10)23/h3-6,10,21H,1-2H2,(H,17,18)(H,19,22,23). The van der Waals surface area contributed by atoms with E-state index in [-0.39, 0.29) is 29.7 Å². The zero-order valence-corrected chi connectivity index (χ0v) is 12.8. The predicted molar refractivity (Wildman–Crippen MR) is 82.4 cm³/mol. The van der Waals surface area contributed by atoms with Crippen LogP contribution in [0.1, 0.15) is 33.6 Å². The molecule has 4 amide bonds. The van der Waals surface area contributed by atoms with Gasteiger partial charge in [-0.3, -0.25) is 34.5 Å². The van der Waals surface area contributed by atoms with E-state index < -0.39 is 29.7 Å². The maximum Gasteiger partial charge on any atom is 0.266 e. The Morgan fingerprint density at radius 3 is 2.60 bits per heavy atom. The fourth-order valence-electron chi connectivity index (χ4n) is 3.15. The van der Waals surface area contributed by atoms with Crippen LogP contribution in [-0.2, 0) is 9.59 Å². The van der Waals surface area contributed by atoms with Gasteiger partial charge in [0.15, 0.2) is 0 Å². The van der Waals surface area contributed by atoms with Gasteiger partial charge in [0.1, 0.15) is 11.8 Å². The third-order valence-electron chi connectivity index (χ3n) is 4.35. The highest BCUT2D eigenvalue weighted by atomic mass is 16.3. The van der Waals surface area contributed by atoms with Crippen molar-refractivity contribution in [3.63, 3.8) is 0 Å². The smallest absolute Gasteiger partial charge is 0.266 e. The van der Waals surface area contributed by atoms with Crippen LogP contribution in [0.25, 0.3) is 11.1 Å². The van der Waals surface area contributed by atoms with Crippen LogP contribution in [0.15, 0.2) is 24.5 Å². The van der Waals surface area contributed by atoms with E-state index in [1.54, 1.807) is 6.20 Å². The van der Waals surface area contributed by atoms with E-state index in [1.807, 2.05) is 0 Å². The van der Waals surface area contributed by atoms with Crippen LogP contribution < -0.4 is 5.32 Å². The first-order valence-corrected chi connectivity index (χ1v) is 7.55. The molecule has 1 aromatic carbocycles. The molecule has 126 valence electrons. The summed E-state index contributed by atoms with van der Waals surface area (Å²) in [5.74, 6) is -2.90. The van der Waals surface area contributed by atoms with E-state index in [9.17, 15) is 24.3 Å². The van der Waals surface area contributed by atoms with Gasteiger partial charge in [-0.1, -0.05) is 0 Å². The highest BCUT2D eigenvalue weighted by Gasteiger charge is 2.46. The molecule has 9 heteroatoms. The third kappa shape index (κ3) is 2.20. The SMILES string of the molecule is O=C1CCC(N2C(=O)c3cc(-c4cn[nH]c4)cc(O)c3C2=O)C(=O)N1. The van der Waals surface area contributed by atoms with Crippen LogP contribution in [0.5, 0.6) is 5.75 Å². The molecule has 1 saturated heterocycles. The van der Waals surface area contributed by atoms with Gasteiger partial charge in [0.05, 0.1) is 17.3 Å². The molecule has 0 aliphatic carbocycles. The quantitative estimate of drug-likeness (QED) is 0.668. The van der Waals surface area contributed by atoms with Gasteiger partial charge in [-0.25, -0.2) is 0 Å². The molecule has 2 aliphatic rings. The Balaban J connectivity index is 1.76. The molecule has 1 unspecified atom stereocenters. The lowest BCUT2D eigenvalue weighted by atomic mass is 10.0. The number of fused-ring (bicyclic) bond motifs is 1. The summed E-state index contributed by atoms with van der Waals surface area (Å²) < 4.78 is 0. The zero-order valence-electron chi connectivity index (χ0n) is 12.8. The lowest BCUT2D eigenvalue weighted by molar-refractivity contribution is -0.136. The average molecular weight is 340 g/mol. The number of aromatic nitrogens is 2. The molecule has 3 N–H and O–H groups in total. The number of H-pyrrole nitrogens is 1. The number of aromatic hydroxyl groups is 1. The first-order valence-electron chi connectivity index (χ1n) is 7.55. The van der Waals surface area contributed by atoms with Crippen molar-refractivity contribution in [2.45, 2.75) is 18.9 Å². The number of carbonyl (C=O) groups is 4. The first-order chi connectivity index (χ1) is 12.0. The van der Waals surface area contributed by atoms with Crippen molar-refractivity contribution < 1.29 is 24.3 Å². The fraction of sp³-hybridized carbons (Fsp3) is 0.188. The number of aromatic amines is 1. The molecule has 4 rings (SSSR count). The Morgan fingerprint density at radius 1 is 1.12 bits per heavy atom. The number of phenolic OH excluding ortho intramolecular Hbond substituents is 1. The van der Waals surface area contributed by atoms with Crippen LogP contribution in [0.2, 0.25) is 0 Å². The molecule has 9 nitrogen and oxygen atoms in total. The summed E-state index contributed by atoms with van der Waals surface area (Å²) in [5.41, 5.74) is 1.03. The maximum atomic E-state index is 12.7. The molecule has 1 atom stereocenters. The van der Waals surface area contributed by atoms with Crippen molar-refractivity contribution in [1.29, 1.82) is 0 Å². The maximum absolute atomic E-state index is 12.7. The molecular formula is C16H12N4O5. The van der Waals surface area contributed by atoms with E-state index in [0.29, 0.717) is 11.1 Å². The van der Waals surface area contributed by atoms with E-state index in [0.717, 1.165) is 4.90 Å². The monoisotopic (exact) mass is 340 g/mol. The summed E-state index contributed by atoms with van der Waals surface area (Å²) in [7, 11) is 0. The number of rotatable bonds is 2. The largest absolute Gasteiger partial charge is 0.507 e. The van der Waals surface area contributed by atoms with Crippen molar-refractivity contribution in [3.05, 3.63) is 35.7 Å². The summed E-state index contributed by atoms with van der Waals surface area (Å²) >= 11 is 0. The van der Waals surface area contributed by atoms with Crippen molar-refractivity contribution >= 4 is 23.6 Å². The second-order valence-corrected chi connectivity index (χ2v) is 5.85. The Kier molecular flexibility index (Phi) is 3.17. The van der Waals surface area contributed by atoms with Gasteiger partial charge in [-0.2, -0.15) is 5.10 Å². The van der Waals surface area contributed by atoms with Crippen LogP contribution in [-0.4, -0.2) is 49.9 Å². The Morgan fingerprint density at radius 2 is 1.92 bits per heavy atom. The number of piperidine rings is 1. The highest BCUT2D eigenvalue weighted by Crippen LogP contribution is 2.36. The summed E-state index contributed by atoms with van der Waals surface area (Å²) in [6.45, 7) is 0. The Hall–Kier alpha value is -3.49. The van der Waals surface area contributed by atoms with Gasteiger partial charge in [0.2, 0.25) is 11.8 Å². The summed E-state index contributed by atoms with van der Waals surface area (Å²) in [6, 6.07) is 1.77. The van der Waals surface area contributed by atoms with E-state index in [1.165, 1.54) is 18.3 Å². The van der Waals surface area contributed by atoms with E-state index >= 15 is 0 Å². The van der Waals surface area contributed by atoms with Crippen LogP contribution >= 0.6 is 0 Å². The minimum Gasteiger partial charge on any atom is -0.507 e. The molecule has 0 radical (unpaired) electrons. The lowest BCUT2D eigenvalue weighted by Crippen LogP contribution is -2.54. The molecule has 1 fully saturated rings. The number of phenols is 1. The number of nitrogens with one attached hydrogen (secondary N) is 2. The third-order valence-corrected chi connectivity index (χ3v) is 4.35. The molecule has 3 heterocycles. The number of nitrogens with zero attached hydrogens (tertiary/aromatic N) is 2. The first kappa shape index (κ1) is 15.1. The highest BCUT2D eigenvalue weighted by molar-refractivity contribution is 6.25. The second-order valence-electron chi connectivity index (χ2n) is 5.85. The van der Waals surface area contributed by atoms with Crippen LogP contribution in [0.4, 0.5) is 0 Å². The van der Waals surface area contributed by atoms with E-state index in [2.05, 4.69) is 15.5 Å². The van der Waals surface area contributed by atoms with Crippen molar-refractivity contribution in [2.75, 3.05) is 0 Å². The van der Waals surface area contributed by atoms with Gasteiger partial charge in [0, 0.05) is 18.2 Å². The fourth-order valence-corrected chi connectivity index (χ4v) is 3.15. The van der Waals surface area contributed by atoms with Crippen molar-refractivity contribution in [3.8, 4) is 16.9 Å². The zero-order chi connectivity index (χ0) is 17.7. The second kappa shape index (κ2) is 5.26. The average Bonchev–Trinajstić information content (AvgIpc) is 3.17. The number of amides is 4. The molecular weight excluding hydrogens is 328 g/mol. The van der Waals surface area contributed by atoms with Gasteiger partial charge >= 0.3 is 0 Å². The molecule has 2 aliphatic heterocycles. The molecule has 1 aromatic heterocycles. The van der Waals surface area contributed by atoms with Crippen molar-refractivity contribution in [1.82, 2.24) is 20.4 Å². The van der Waals surface area contributed by atoms with Gasteiger partial charge in [-0.15, -0.1) is 0 Å². The van der Waals surface area contributed by atoms with Gasteiger partial charge < -0.3 is 5.11 Å². The Bertz CT molecular complexity index is 934. The number of hydrogen-bond acceptors (Lipinski definition) is 6. The number of carbonyl (C=O) groups excluding carboxylic acids is 4.